The normalized spacial score (nSPS) is 11.1. The number of aromatic nitrogens is 1. The lowest BCUT2D eigenvalue weighted by molar-refractivity contribution is -0.383. The van der Waals surface area contributed by atoms with Crippen LogP contribution in [0.3, 0.4) is 0 Å². The summed E-state index contributed by atoms with van der Waals surface area (Å²) in [6.45, 7) is 5.78. The molecule has 0 fully saturated rings. The molecule has 1 N–H and O–H groups in total. The number of nitrogens with one attached hydrogen (secondary N) is 1. The molecule has 0 aliphatic heterocycles. The maximum atomic E-state index is 11.0. The van der Waals surface area contributed by atoms with Crippen molar-refractivity contribution < 1.29 is 4.92 Å². The summed E-state index contributed by atoms with van der Waals surface area (Å²) >= 11 is 1.47. The molecule has 0 saturated heterocycles. The number of anilines is 1. The first-order valence-corrected chi connectivity index (χ1v) is 6.11. The van der Waals surface area contributed by atoms with Crippen LogP contribution >= 0.6 is 11.3 Å². The predicted octanol–water partition coefficient (Wildman–Crippen LogP) is 3.33. The molecule has 0 bridgehead atoms. The number of aryl methyl sites for hydroxylation is 1. The van der Waals surface area contributed by atoms with Crippen LogP contribution < -0.4 is 5.32 Å². The minimum atomic E-state index is -0.362. The third-order valence-electron chi connectivity index (χ3n) is 2.25. The van der Waals surface area contributed by atoms with Gasteiger partial charge in [-0.2, -0.15) is 0 Å². The standard InChI is InChI=1S/C11H13N3O2S/c1-6(2)12-8-4-9-11(17-7(3)13-9)5-10(8)14(15)16/h4-6,12H,1-3H3. The second-order valence-corrected chi connectivity index (χ2v) is 5.36. The van der Waals surface area contributed by atoms with Crippen molar-refractivity contribution in [2.75, 3.05) is 5.32 Å². The first kappa shape index (κ1) is 11.8. The summed E-state index contributed by atoms with van der Waals surface area (Å²) < 4.78 is 0.850. The number of hydrogen-bond donors (Lipinski definition) is 1. The van der Waals surface area contributed by atoms with E-state index < -0.39 is 0 Å². The molecule has 2 aromatic rings. The van der Waals surface area contributed by atoms with Gasteiger partial charge in [0, 0.05) is 12.1 Å². The number of nitro benzene ring substituents is 1. The summed E-state index contributed by atoms with van der Waals surface area (Å²) in [5, 5.41) is 15.0. The molecule has 17 heavy (non-hydrogen) atoms. The van der Waals surface area contributed by atoms with E-state index in [9.17, 15) is 10.1 Å². The van der Waals surface area contributed by atoms with Gasteiger partial charge in [0.1, 0.15) is 5.69 Å². The molecular formula is C11H13N3O2S. The Morgan fingerprint density at radius 2 is 2.18 bits per heavy atom. The fraction of sp³-hybridized carbons (Fsp3) is 0.364. The Morgan fingerprint density at radius 3 is 2.76 bits per heavy atom. The van der Waals surface area contributed by atoms with Crippen LogP contribution in [-0.4, -0.2) is 15.9 Å². The Bertz CT molecular complexity index is 577. The van der Waals surface area contributed by atoms with Gasteiger partial charge in [0.25, 0.3) is 5.69 Å². The predicted molar refractivity (Wildman–Crippen MR) is 69.8 cm³/mol. The van der Waals surface area contributed by atoms with Crippen LogP contribution in [0.5, 0.6) is 0 Å². The van der Waals surface area contributed by atoms with E-state index in [4.69, 9.17) is 0 Å². The number of benzene rings is 1. The van der Waals surface area contributed by atoms with Gasteiger partial charge in [0.05, 0.1) is 20.1 Å². The smallest absolute Gasteiger partial charge is 0.293 e. The third kappa shape index (κ3) is 2.36. The fourth-order valence-electron chi connectivity index (χ4n) is 1.66. The van der Waals surface area contributed by atoms with E-state index in [1.54, 1.807) is 12.1 Å². The second kappa shape index (κ2) is 4.29. The Labute approximate surface area is 103 Å². The van der Waals surface area contributed by atoms with Crippen molar-refractivity contribution in [3.63, 3.8) is 0 Å². The van der Waals surface area contributed by atoms with Gasteiger partial charge < -0.3 is 5.32 Å². The summed E-state index contributed by atoms with van der Waals surface area (Å²) in [5.74, 6) is 0. The van der Waals surface area contributed by atoms with Crippen molar-refractivity contribution in [3.05, 3.63) is 27.3 Å². The summed E-state index contributed by atoms with van der Waals surface area (Å²) in [4.78, 5) is 15.0. The lowest BCUT2D eigenvalue weighted by Gasteiger charge is -2.09. The van der Waals surface area contributed by atoms with Crippen molar-refractivity contribution in [2.24, 2.45) is 0 Å². The fourth-order valence-corrected chi connectivity index (χ4v) is 2.50. The zero-order chi connectivity index (χ0) is 12.6. The average Bonchev–Trinajstić information content (AvgIpc) is 2.54. The lowest BCUT2D eigenvalue weighted by atomic mass is 10.2. The van der Waals surface area contributed by atoms with E-state index in [-0.39, 0.29) is 16.7 Å². The Balaban J connectivity index is 2.61. The van der Waals surface area contributed by atoms with Crippen molar-refractivity contribution in [3.8, 4) is 0 Å². The van der Waals surface area contributed by atoms with Crippen LogP contribution in [0.15, 0.2) is 12.1 Å². The highest BCUT2D eigenvalue weighted by molar-refractivity contribution is 7.18. The largest absolute Gasteiger partial charge is 0.377 e. The quantitative estimate of drug-likeness (QED) is 0.671. The molecule has 1 heterocycles. The van der Waals surface area contributed by atoms with Gasteiger partial charge in [-0.05, 0) is 26.8 Å². The van der Waals surface area contributed by atoms with E-state index in [2.05, 4.69) is 10.3 Å². The molecule has 90 valence electrons. The van der Waals surface area contributed by atoms with Gasteiger partial charge in [-0.25, -0.2) is 4.98 Å². The average molecular weight is 251 g/mol. The van der Waals surface area contributed by atoms with E-state index in [1.807, 2.05) is 20.8 Å². The van der Waals surface area contributed by atoms with Crippen molar-refractivity contribution in [1.82, 2.24) is 4.98 Å². The third-order valence-corrected chi connectivity index (χ3v) is 3.19. The molecule has 0 aliphatic carbocycles. The Hall–Kier alpha value is -1.69. The van der Waals surface area contributed by atoms with Gasteiger partial charge >= 0.3 is 0 Å². The maximum Gasteiger partial charge on any atom is 0.293 e. The highest BCUT2D eigenvalue weighted by Gasteiger charge is 2.17. The molecule has 2 rings (SSSR count). The molecule has 1 aromatic heterocycles. The number of nitrogens with zero attached hydrogens (tertiary/aromatic N) is 2. The molecule has 0 atom stereocenters. The number of thiazole rings is 1. The molecule has 0 spiro atoms. The van der Waals surface area contributed by atoms with Crippen molar-refractivity contribution in [2.45, 2.75) is 26.8 Å². The van der Waals surface area contributed by atoms with E-state index in [0.717, 1.165) is 15.2 Å². The van der Waals surface area contributed by atoms with Gasteiger partial charge in [0.15, 0.2) is 0 Å². The summed E-state index contributed by atoms with van der Waals surface area (Å²) in [7, 11) is 0. The van der Waals surface area contributed by atoms with Crippen molar-refractivity contribution >= 4 is 32.9 Å². The molecule has 0 aliphatic rings. The zero-order valence-electron chi connectivity index (χ0n) is 9.85. The number of hydrogen-bond acceptors (Lipinski definition) is 5. The van der Waals surface area contributed by atoms with Crippen LogP contribution in [0.1, 0.15) is 18.9 Å². The molecular weight excluding hydrogens is 238 g/mol. The summed E-state index contributed by atoms with van der Waals surface area (Å²) in [6.07, 6.45) is 0. The maximum absolute atomic E-state index is 11.0. The highest BCUT2D eigenvalue weighted by Crippen LogP contribution is 2.33. The molecule has 0 unspecified atom stereocenters. The van der Waals surface area contributed by atoms with Crippen LogP contribution in [0, 0.1) is 17.0 Å². The van der Waals surface area contributed by atoms with Gasteiger partial charge in [-0.15, -0.1) is 11.3 Å². The topological polar surface area (TPSA) is 68.1 Å². The molecule has 0 radical (unpaired) electrons. The van der Waals surface area contributed by atoms with Gasteiger partial charge in [-0.1, -0.05) is 0 Å². The first-order chi connectivity index (χ1) is 7.97. The highest BCUT2D eigenvalue weighted by atomic mass is 32.1. The van der Waals surface area contributed by atoms with Crippen LogP contribution in [0.25, 0.3) is 10.2 Å². The number of fused-ring (bicyclic) bond motifs is 1. The summed E-state index contributed by atoms with van der Waals surface area (Å²) in [6, 6.07) is 3.48. The minimum absolute atomic E-state index is 0.106. The summed E-state index contributed by atoms with van der Waals surface area (Å²) in [5.41, 5.74) is 1.44. The molecule has 1 aromatic carbocycles. The monoisotopic (exact) mass is 251 g/mol. The SMILES string of the molecule is Cc1nc2cc(NC(C)C)c([N+](=O)[O-])cc2s1. The lowest BCUT2D eigenvalue weighted by Crippen LogP contribution is -2.11. The molecule has 6 heteroatoms. The van der Waals surface area contributed by atoms with Gasteiger partial charge in [0.2, 0.25) is 0 Å². The number of rotatable bonds is 3. The number of nitro groups is 1. The second-order valence-electron chi connectivity index (χ2n) is 4.13. The zero-order valence-corrected chi connectivity index (χ0v) is 10.7. The van der Waals surface area contributed by atoms with Gasteiger partial charge in [-0.3, -0.25) is 10.1 Å². The molecule has 0 saturated carbocycles. The minimum Gasteiger partial charge on any atom is -0.377 e. The van der Waals surface area contributed by atoms with E-state index >= 15 is 0 Å². The van der Waals surface area contributed by atoms with Crippen molar-refractivity contribution in [1.29, 1.82) is 0 Å². The van der Waals surface area contributed by atoms with Crippen LogP contribution in [-0.2, 0) is 0 Å². The van der Waals surface area contributed by atoms with Crippen LogP contribution in [0.2, 0.25) is 0 Å². The Morgan fingerprint density at radius 1 is 1.47 bits per heavy atom. The van der Waals surface area contributed by atoms with Crippen LogP contribution in [0.4, 0.5) is 11.4 Å². The van der Waals surface area contributed by atoms with E-state index in [1.165, 1.54) is 11.3 Å². The molecule has 5 nitrogen and oxygen atoms in total. The van der Waals surface area contributed by atoms with E-state index in [0.29, 0.717) is 5.69 Å². The first-order valence-electron chi connectivity index (χ1n) is 5.29. The Kier molecular flexibility index (Phi) is 2.97. The molecule has 0 amide bonds.